The van der Waals surface area contributed by atoms with Crippen LogP contribution in [-0.4, -0.2) is 31.1 Å². The number of likely N-dealkylation sites (N-methyl/N-ethyl adjacent to an activating group) is 1. The topological polar surface area (TPSA) is 38.5 Å². The molecule has 106 valence electrons. The van der Waals surface area contributed by atoms with E-state index in [1.165, 1.54) is 18.4 Å². The Hall–Kier alpha value is -1.06. The maximum Gasteiger partial charge on any atom is 0.123 e. The van der Waals surface area contributed by atoms with Crippen molar-refractivity contribution in [2.24, 2.45) is 11.7 Å². The summed E-state index contributed by atoms with van der Waals surface area (Å²) in [5.74, 6) is 1.73. The molecule has 2 rings (SSSR count). The minimum atomic E-state index is 0.154. The van der Waals surface area contributed by atoms with Gasteiger partial charge in [-0.1, -0.05) is 25.1 Å². The third-order valence-electron chi connectivity index (χ3n) is 4.66. The van der Waals surface area contributed by atoms with Gasteiger partial charge in [-0.15, -0.1) is 0 Å². The van der Waals surface area contributed by atoms with Gasteiger partial charge >= 0.3 is 0 Å². The standard InChI is InChI=1S/C16H26N2O/c1-4-16(12-17,14-9-10-14)18(2)11-13-7-5-6-8-15(13)19-3/h5-8,14H,4,9-12,17H2,1-3H3. The molecule has 0 amide bonds. The molecular formula is C16H26N2O. The molecule has 1 aromatic carbocycles. The summed E-state index contributed by atoms with van der Waals surface area (Å²) in [6.45, 7) is 3.88. The number of rotatable bonds is 7. The molecule has 1 fully saturated rings. The zero-order valence-electron chi connectivity index (χ0n) is 12.4. The van der Waals surface area contributed by atoms with Crippen molar-refractivity contribution >= 4 is 0 Å². The van der Waals surface area contributed by atoms with E-state index in [0.717, 1.165) is 31.2 Å². The van der Waals surface area contributed by atoms with E-state index in [1.807, 2.05) is 12.1 Å². The molecule has 3 nitrogen and oxygen atoms in total. The lowest BCUT2D eigenvalue weighted by atomic mass is 9.88. The molecule has 2 N–H and O–H groups in total. The number of ether oxygens (including phenoxy) is 1. The van der Waals surface area contributed by atoms with Gasteiger partial charge in [-0.3, -0.25) is 4.90 Å². The summed E-state index contributed by atoms with van der Waals surface area (Å²) in [4.78, 5) is 2.43. The molecule has 3 heteroatoms. The summed E-state index contributed by atoms with van der Waals surface area (Å²) in [5, 5.41) is 0. The van der Waals surface area contributed by atoms with Crippen molar-refractivity contribution in [1.82, 2.24) is 4.90 Å². The minimum Gasteiger partial charge on any atom is -0.496 e. The largest absolute Gasteiger partial charge is 0.496 e. The van der Waals surface area contributed by atoms with Crippen LogP contribution in [-0.2, 0) is 6.54 Å². The summed E-state index contributed by atoms with van der Waals surface area (Å²) in [5.41, 5.74) is 7.50. The van der Waals surface area contributed by atoms with Gasteiger partial charge in [-0.25, -0.2) is 0 Å². The number of hydrogen-bond donors (Lipinski definition) is 1. The van der Waals surface area contributed by atoms with E-state index in [9.17, 15) is 0 Å². The van der Waals surface area contributed by atoms with Crippen molar-refractivity contribution < 1.29 is 4.74 Å². The Morgan fingerprint density at radius 3 is 2.58 bits per heavy atom. The molecule has 0 aromatic heterocycles. The summed E-state index contributed by atoms with van der Waals surface area (Å²) < 4.78 is 5.44. The van der Waals surface area contributed by atoms with Gasteiger partial charge in [0, 0.05) is 24.2 Å². The Balaban J connectivity index is 2.16. The first-order valence-electron chi connectivity index (χ1n) is 7.21. The van der Waals surface area contributed by atoms with Crippen LogP contribution in [0.25, 0.3) is 0 Å². The molecule has 1 aliphatic rings. The van der Waals surface area contributed by atoms with Crippen LogP contribution in [0.5, 0.6) is 5.75 Å². The first-order chi connectivity index (χ1) is 9.17. The average molecular weight is 262 g/mol. The molecule has 0 aliphatic heterocycles. The van der Waals surface area contributed by atoms with E-state index >= 15 is 0 Å². The lowest BCUT2D eigenvalue weighted by Crippen LogP contribution is -2.53. The van der Waals surface area contributed by atoms with Crippen LogP contribution in [0.1, 0.15) is 31.7 Å². The Labute approximate surface area is 116 Å². The normalized spacial score (nSPS) is 18.4. The maximum absolute atomic E-state index is 6.11. The Morgan fingerprint density at radius 2 is 2.05 bits per heavy atom. The summed E-state index contributed by atoms with van der Waals surface area (Å²) in [6.07, 6.45) is 3.75. The molecule has 1 unspecified atom stereocenters. The monoisotopic (exact) mass is 262 g/mol. The van der Waals surface area contributed by atoms with E-state index in [2.05, 4.69) is 31.0 Å². The zero-order chi connectivity index (χ0) is 13.9. The van der Waals surface area contributed by atoms with Crippen LogP contribution in [0.15, 0.2) is 24.3 Å². The fourth-order valence-corrected chi connectivity index (χ4v) is 3.20. The predicted octanol–water partition coefficient (Wildman–Crippen LogP) is 2.64. The highest BCUT2D eigenvalue weighted by Crippen LogP contribution is 2.44. The van der Waals surface area contributed by atoms with Crippen molar-refractivity contribution in [3.63, 3.8) is 0 Å². The van der Waals surface area contributed by atoms with Crippen molar-refractivity contribution in [1.29, 1.82) is 0 Å². The molecule has 0 saturated heterocycles. The first-order valence-corrected chi connectivity index (χ1v) is 7.21. The van der Waals surface area contributed by atoms with E-state index in [4.69, 9.17) is 10.5 Å². The van der Waals surface area contributed by atoms with Crippen molar-refractivity contribution in [2.75, 3.05) is 20.7 Å². The van der Waals surface area contributed by atoms with E-state index in [-0.39, 0.29) is 5.54 Å². The number of nitrogens with zero attached hydrogens (tertiary/aromatic N) is 1. The van der Waals surface area contributed by atoms with E-state index < -0.39 is 0 Å². The van der Waals surface area contributed by atoms with E-state index in [1.54, 1.807) is 7.11 Å². The second-order valence-electron chi connectivity index (χ2n) is 5.60. The second kappa shape index (κ2) is 5.93. The second-order valence-corrected chi connectivity index (χ2v) is 5.60. The van der Waals surface area contributed by atoms with Crippen LogP contribution in [0.3, 0.4) is 0 Å². The molecule has 0 heterocycles. The number of methoxy groups -OCH3 is 1. The highest BCUT2D eigenvalue weighted by atomic mass is 16.5. The number of para-hydroxylation sites is 1. The fraction of sp³-hybridized carbons (Fsp3) is 0.625. The maximum atomic E-state index is 6.11. The lowest BCUT2D eigenvalue weighted by Gasteiger charge is -2.41. The van der Waals surface area contributed by atoms with Crippen molar-refractivity contribution in [2.45, 2.75) is 38.3 Å². The minimum absolute atomic E-state index is 0.154. The van der Waals surface area contributed by atoms with Crippen LogP contribution in [0, 0.1) is 5.92 Å². The number of nitrogens with two attached hydrogens (primary N) is 1. The van der Waals surface area contributed by atoms with Gasteiger partial charge < -0.3 is 10.5 Å². The smallest absolute Gasteiger partial charge is 0.123 e. The van der Waals surface area contributed by atoms with Gasteiger partial charge in [-0.05, 0) is 38.3 Å². The van der Waals surface area contributed by atoms with Gasteiger partial charge in [0.15, 0.2) is 0 Å². The quantitative estimate of drug-likeness (QED) is 0.821. The van der Waals surface area contributed by atoms with E-state index in [0.29, 0.717) is 0 Å². The van der Waals surface area contributed by atoms with Gasteiger partial charge in [-0.2, -0.15) is 0 Å². The molecule has 0 spiro atoms. The molecule has 19 heavy (non-hydrogen) atoms. The molecule has 1 aromatic rings. The van der Waals surface area contributed by atoms with Gasteiger partial charge in [0.25, 0.3) is 0 Å². The summed E-state index contributed by atoms with van der Waals surface area (Å²) in [7, 11) is 3.93. The number of benzene rings is 1. The van der Waals surface area contributed by atoms with Crippen LogP contribution >= 0.6 is 0 Å². The Kier molecular flexibility index (Phi) is 4.48. The Morgan fingerprint density at radius 1 is 1.37 bits per heavy atom. The van der Waals surface area contributed by atoms with Crippen LogP contribution in [0.4, 0.5) is 0 Å². The third-order valence-corrected chi connectivity index (χ3v) is 4.66. The van der Waals surface area contributed by atoms with Crippen LogP contribution in [0.2, 0.25) is 0 Å². The van der Waals surface area contributed by atoms with Crippen molar-refractivity contribution in [3.8, 4) is 5.75 Å². The third kappa shape index (κ3) is 2.77. The molecular weight excluding hydrogens is 236 g/mol. The number of hydrogen-bond acceptors (Lipinski definition) is 3. The molecule has 0 bridgehead atoms. The average Bonchev–Trinajstić information content (AvgIpc) is 3.26. The molecule has 1 aliphatic carbocycles. The van der Waals surface area contributed by atoms with Crippen molar-refractivity contribution in [3.05, 3.63) is 29.8 Å². The SMILES string of the molecule is CCC(CN)(C1CC1)N(C)Cc1ccccc1OC. The van der Waals surface area contributed by atoms with Gasteiger partial charge in [0.1, 0.15) is 5.75 Å². The summed E-state index contributed by atoms with van der Waals surface area (Å²) in [6, 6.07) is 8.24. The lowest BCUT2D eigenvalue weighted by molar-refractivity contribution is 0.0883. The Bertz CT molecular complexity index is 411. The highest BCUT2D eigenvalue weighted by Gasteiger charge is 2.45. The molecule has 1 saturated carbocycles. The van der Waals surface area contributed by atoms with Crippen LogP contribution < -0.4 is 10.5 Å². The fourth-order valence-electron chi connectivity index (χ4n) is 3.20. The zero-order valence-corrected chi connectivity index (χ0v) is 12.4. The van der Waals surface area contributed by atoms with Gasteiger partial charge in [0.05, 0.1) is 7.11 Å². The molecule has 1 atom stereocenters. The van der Waals surface area contributed by atoms with Gasteiger partial charge in [0.2, 0.25) is 0 Å². The predicted molar refractivity (Wildman–Crippen MR) is 79.3 cm³/mol. The summed E-state index contributed by atoms with van der Waals surface area (Å²) >= 11 is 0. The highest BCUT2D eigenvalue weighted by molar-refractivity contribution is 5.33. The first kappa shape index (κ1) is 14.4. The molecule has 0 radical (unpaired) electrons.